The van der Waals surface area contributed by atoms with Crippen molar-refractivity contribution < 1.29 is 14.6 Å². The molecule has 1 aromatic carbocycles. The molecule has 1 aromatic heterocycles. The summed E-state index contributed by atoms with van der Waals surface area (Å²) in [6, 6.07) is 9.93. The number of pyridine rings is 1. The predicted molar refractivity (Wildman–Crippen MR) is 109 cm³/mol. The van der Waals surface area contributed by atoms with Crippen molar-refractivity contribution in [3.05, 3.63) is 48.3 Å². The molecule has 0 amide bonds. The van der Waals surface area contributed by atoms with Crippen LogP contribution in [0.2, 0.25) is 0 Å². The van der Waals surface area contributed by atoms with E-state index in [9.17, 15) is 5.11 Å². The van der Waals surface area contributed by atoms with Gasteiger partial charge in [-0.25, -0.2) is 0 Å². The van der Waals surface area contributed by atoms with Crippen LogP contribution in [-0.2, 0) is 6.54 Å². The van der Waals surface area contributed by atoms with Crippen LogP contribution in [0, 0.1) is 5.41 Å². The van der Waals surface area contributed by atoms with Gasteiger partial charge in [-0.15, -0.1) is 0 Å². The number of ether oxygens (including phenoxy) is 2. The van der Waals surface area contributed by atoms with Gasteiger partial charge in [0.1, 0.15) is 12.4 Å². The molecular weight excluding hydrogens is 352 g/mol. The summed E-state index contributed by atoms with van der Waals surface area (Å²) in [7, 11) is 1.58. The third kappa shape index (κ3) is 4.25. The standard InChI is InChI=1S/C23H30N2O3/c1-27-22-6-5-18(13-21(22)26)15-25-17-23(9-3-2-4-10-23)14-19(25)16-28-20-7-11-24-12-8-20/h5-8,11-13,19,26H,2-4,9-10,14-17H2,1H3/t19-/m1/s1. The zero-order valence-corrected chi connectivity index (χ0v) is 16.6. The van der Waals surface area contributed by atoms with Crippen molar-refractivity contribution in [1.82, 2.24) is 9.88 Å². The number of likely N-dealkylation sites (tertiary alicyclic amines) is 1. The van der Waals surface area contributed by atoms with Crippen LogP contribution in [0.25, 0.3) is 0 Å². The number of aromatic hydroxyl groups is 1. The molecule has 1 spiro atoms. The molecule has 2 aliphatic rings. The van der Waals surface area contributed by atoms with Crippen molar-refractivity contribution in [1.29, 1.82) is 0 Å². The molecular formula is C23H30N2O3. The molecule has 2 fully saturated rings. The van der Waals surface area contributed by atoms with Gasteiger partial charge in [0.2, 0.25) is 0 Å². The normalized spacial score (nSPS) is 21.7. The summed E-state index contributed by atoms with van der Waals surface area (Å²) in [4.78, 5) is 6.61. The van der Waals surface area contributed by atoms with Crippen LogP contribution >= 0.6 is 0 Å². The van der Waals surface area contributed by atoms with E-state index < -0.39 is 0 Å². The SMILES string of the molecule is COc1ccc(CN2CC3(CCCCC3)C[C@@H]2COc2ccncc2)cc1O. The van der Waals surface area contributed by atoms with Crippen LogP contribution in [-0.4, -0.2) is 41.3 Å². The minimum absolute atomic E-state index is 0.205. The number of hydrogen-bond donors (Lipinski definition) is 1. The molecule has 2 heterocycles. The molecule has 150 valence electrons. The number of benzene rings is 1. The molecule has 2 aromatic rings. The van der Waals surface area contributed by atoms with Gasteiger partial charge in [0, 0.05) is 31.5 Å². The highest BCUT2D eigenvalue weighted by molar-refractivity contribution is 5.41. The van der Waals surface area contributed by atoms with E-state index in [4.69, 9.17) is 9.47 Å². The molecule has 5 nitrogen and oxygen atoms in total. The lowest BCUT2D eigenvalue weighted by Gasteiger charge is -2.33. The summed E-state index contributed by atoms with van der Waals surface area (Å²) < 4.78 is 11.3. The number of phenolic OH excluding ortho intramolecular Hbond substituents is 1. The van der Waals surface area contributed by atoms with Gasteiger partial charge in [-0.1, -0.05) is 25.3 Å². The number of rotatable bonds is 6. The van der Waals surface area contributed by atoms with E-state index in [1.165, 1.54) is 38.5 Å². The summed E-state index contributed by atoms with van der Waals surface area (Å²) in [6.07, 6.45) is 11.4. The first kappa shape index (κ1) is 19.1. The number of nitrogens with zero attached hydrogens (tertiary/aromatic N) is 2. The molecule has 0 unspecified atom stereocenters. The molecule has 4 rings (SSSR count). The summed E-state index contributed by atoms with van der Waals surface area (Å²) >= 11 is 0. The van der Waals surface area contributed by atoms with Crippen molar-refractivity contribution in [2.75, 3.05) is 20.3 Å². The third-order valence-electron chi connectivity index (χ3n) is 6.36. The second-order valence-electron chi connectivity index (χ2n) is 8.32. The molecule has 1 saturated heterocycles. The van der Waals surface area contributed by atoms with Gasteiger partial charge in [0.05, 0.1) is 7.11 Å². The highest BCUT2D eigenvalue weighted by Crippen LogP contribution is 2.46. The van der Waals surface area contributed by atoms with Gasteiger partial charge in [-0.3, -0.25) is 9.88 Å². The minimum atomic E-state index is 0.205. The quantitative estimate of drug-likeness (QED) is 0.802. The topological polar surface area (TPSA) is 54.8 Å². The van der Waals surface area contributed by atoms with Crippen molar-refractivity contribution >= 4 is 0 Å². The first-order valence-electron chi connectivity index (χ1n) is 10.3. The smallest absolute Gasteiger partial charge is 0.160 e. The highest BCUT2D eigenvalue weighted by Gasteiger charge is 2.44. The Bertz CT molecular complexity index is 775. The Balaban J connectivity index is 1.48. The predicted octanol–water partition coefficient (Wildman–Crippen LogP) is 4.40. The summed E-state index contributed by atoms with van der Waals surface area (Å²) in [5.41, 5.74) is 1.54. The maximum absolute atomic E-state index is 10.2. The van der Waals surface area contributed by atoms with E-state index in [1.807, 2.05) is 30.3 Å². The van der Waals surface area contributed by atoms with E-state index in [1.54, 1.807) is 19.5 Å². The van der Waals surface area contributed by atoms with Crippen LogP contribution in [0.3, 0.4) is 0 Å². The van der Waals surface area contributed by atoms with Gasteiger partial charge in [0.25, 0.3) is 0 Å². The monoisotopic (exact) mass is 382 g/mol. The number of phenols is 1. The van der Waals surface area contributed by atoms with Crippen LogP contribution in [0.5, 0.6) is 17.2 Å². The van der Waals surface area contributed by atoms with Gasteiger partial charge in [0.15, 0.2) is 11.5 Å². The molecule has 0 radical (unpaired) electrons. The lowest BCUT2D eigenvalue weighted by Crippen LogP contribution is -2.34. The molecule has 0 bridgehead atoms. The zero-order valence-electron chi connectivity index (χ0n) is 16.6. The van der Waals surface area contributed by atoms with Crippen LogP contribution in [0.4, 0.5) is 0 Å². The maximum atomic E-state index is 10.2. The van der Waals surface area contributed by atoms with Crippen LogP contribution in [0.15, 0.2) is 42.7 Å². The molecule has 1 atom stereocenters. The first-order valence-corrected chi connectivity index (χ1v) is 10.3. The third-order valence-corrected chi connectivity index (χ3v) is 6.36. The largest absolute Gasteiger partial charge is 0.504 e. The highest BCUT2D eigenvalue weighted by atomic mass is 16.5. The number of hydrogen-bond acceptors (Lipinski definition) is 5. The summed E-state index contributed by atoms with van der Waals surface area (Å²) in [5.74, 6) is 1.60. The maximum Gasteiger partial charge on any atom is 0.160 e. The van der Waals surface area contributed by atoms with Gasteiger partial charge in [-0.05, 0) is 54.5 Å². The second kappa shape index (κ2) is 8.39. The number of aromatic nitrogens is 1. The Labute approximate surface area is 167 Å². The fourth-order valence-corrected chi connectivity index (χ4v) is 4.96. The zero-order chi connectivity index (χ0) is 19.4. The average molecular weight is 383 g/mol. The van der Waals surface area contributed by atoms with E-state index in [0.29, 0.717) is 23.8 Å². The van der Waals surface area contributed by atoms with Gasteiger partial charge in [-0.2, -0.15) is 0 Å². The Kier molecular flexibility index (Phi) is 5.72. The van der Waals surface area contributed by atoms with E-state index in [0.717, 1.165) is 24.4 Å². The molecule has 5 heteroatoms. The first-order chi connectivity index (χ1) is 13.7. The fraction of sp³-hybridized carbons (Fsp3) is 0.522. The lowest BCUT2D eigenvalue weighted by atomic mass is 9.73. The fourth-order valence-electron chi connectivity index (χ4n) is 4.96. The molecule has 1 N–H and O–H groups in total. The number of methoxy groups -OCH3 is 1. The Morgan fingerprint density at radius 1 is 1.14 bits per heavy atom. The molecule has 1 saturated carbocycles. The van der Waals surface area contributed by atoms with Crippen molar-refractivity contribution in [3.63, 3.8) is 0 Å². The van der Waals surface area contributed by atoms with E-state index >= 15 is 0 Å². The minimum Gasteiger partial charge on any atom is -0.504 e. The van der Waals surface area contributed by atoms with Crippen molar-refractivity contribution in [3.8, 4) is 17.2 Å². The van der Waals surface area contributed by atoms with Gasteiger partial charge >= 0.3 is 0 Å². The summed E-state index contributed by atoms with van der Waals surface area (Å²) in [6.45, 7) is 2.63. The van der Waals surface area contributed by atoms with Crippen molar-refractivity contribution in [2.45, 2.75) is 51.1 Å². The Hall–Kier alpha value is -2.27. The average Bonchev–Trinajstić information content (AvgIpc) is 3.04. The van der Waals surface area contributed by atoms with Gasteiger partial charge < -0.3 is 14.6 Å². The molecule has 1 aliphatic heterocycles. The second-order valence-corrected chi connectivity index (χ2v) is 8.32. The Morgan fingerprint density at radius 3 is 2.64 bits per heavy atom. The van der Waals surface area contributed by atoms with Crippen LogP contribution in [0.1, 0.15) is 44.1 Å². The molecule has 1 aliphatic carbocycles. The lowest BCUT2D eigenvalue weighted by molar-refractivity contribution is 0.159. The molecule has 28 heavy (non-hydrogen) atoms. The van der Waals surface area contributed by atoms with Crippen LogP contribution < -0.4 is 9.47 Å². The summed E-state index contributed by atoms with van der Waals surface area (Å²) in [5, 5.41) is 10.2. The van der Waals surface area contributed by atoms with E-state index in [-0.39, 0.29) is 5.75 Å². The van der Waals surface area contributed by atoms with E-state index in [2.05, 4.69) is 9.88 Å². The Morgan fingerprint density at radius 2 is 1.93 bits per heavy atom. The van der Waals surface area contributed by atoms with Crippen molar-refractivity contribution in [2.24, 2.45) is 5.41 Å².